The number of hydrogen-bond acceptors (Lipinski definition) is 4. The molecule has 0 bridgehead atoms. The lowest BCUT2D eigenvalue weighted by atomic mass is 9.93. The second-order valence-corrected chi connectivity index (χ2v) is 5.29. The Morgan fingerprint density at radius 1 is 1.05 bits per heavy atom. The highest BCUT2D eigenvalue weighted by molar-refractivity contribution is 6.04. The van der Waals surface area contributed by atoms with Crippen molar-refractivity contribution < 1.29 is 4.42 Å². The van der Waals surface area contributed by atoms with Crippen molar-refractivity contribution in [3.63, 3.8) is 0 Å². The molecule has 0 saturated heterocycles. The van der Waals surface area contributed by atoms with Crippen molar-refractivity contribution in [2.45, 2.75) is 5.92 Å². The quantitative estimate of drug-likeness (QED) is 0.789. The van der Waals surface area contributed by atoms with E-state index in [-0.39, 0.29) is 11.3 Å². The van der Waals surface area contributed by atoms with E-state index in [0.717, 1.165) is 11.3 Å². The van der Waals surface area contributed by atoms with Gasteiger partial charge in [-0.15, -0.1) is 0 Å². The fourth-order valence-electron chi connectivity index (χ4n) is 2.81. The van der Waals surface area contributed by atoms with Gasteiger partial charge in [-0.2, -0.15) is 5.10 Å². The molecule has 0 unspecified atom stereocenters. The molecule has 3 aromatic rings. The third-order valence-corrected chi connectivity index (χ3v) is 3.91. The molecule has 1 aromatic heterocycles. The SMILES string of the molecule is O=c1cc(C2=NNC[C@@H]2c2ccccc2)oc2ccccc12. The standard InChI is InChI=1S/C18H14N2O2/c21-15-10-17(22-16-9-5-4-8-13(15)16)18-14(11-19-20-18)12-6-2-1-3-7-12/h1-10,14,19H,11H2/t14-/m1/s1. The Kier molecular flexibility index (Phi) is 3.00. The molecule has 0 aliphatic carbocycles. The molecule has 0 saturated carbocycles. The van der Waals surface area contributed by atoms with Crippen LogP contribution in [0.15, 0.2) is 75.0 Å². The van der Waals surface area contributed by atoms with Gasteiger partial charge >= 0.3 is 0 Å². The molecule has 0 radical (unpaired) electrons. The summed E-state index contributed by atoms with van der Waals surface area (Å²) in [4.78, 5) is 12.3. The van der Waals surface area contributed by atoms with Crippen molar-refractivity contribution in [2.75, 3.05) is 6.54 Å². The van der Waals surface area contributed by atoms with Crippen LogP contribution in [0, 0.1) is 0 Å². The Morgan fingerprint density at radius 2 is 1.82 bits per heavy atom. The molecule has 1 atom stereocenters. The number of hydrazone groups is 1. The fourth-order valence-corrected chi connectivity index (χ4v) is 2.81. The lowest BCUT2D eigenvalue weighted by molar-refractivity contribution is 0.588. The van der Waals surface area contributed by atoms with Gasteiger partial charge in [-0.05, 0) is 17.7 Å². The van der Waals surface area contributed by atoms with E-state index in [2.05, 4.69) is 22.7 Å². The van der Waals surface area contributed by atoms with Crippen molar-refractivity contribution in [2.24, 2.45) is 5.10 Å². The van der Waals surface area contributed by atoms with E-state index in [1.807, 2.05) is 30.3 Å². The van der Waals surface area contributed by atoms with E-state index in [0.29, 0.717) is 23.3 Å². The maximum absolute atomic E-state index is 12.3. The van der Waals surface area contributed by atoms with Gasteiger partial charge in [0, 0.05) is 12.6 Å². The summed E-state index contributed by atoms with van der Waals surface area (Å²) in [6, 6.07) is 18.9. The Morgan fingerprint density at radius 3 is 2.68 bits per heavy atom. The monoisotopic (exact) mass is 290 g/mol. The highest BCUT2D eigenvalue weighted by Gasteiger charge is 2.26. The van der Waals surface area contributed by atoms with E-state index in [4.69, 9.17) is 4.42 Å². The van der Waals surface area contributed by atoms with Crippen LogP contribution in [0.25, 0.3) is 11.0 Å². The minimum Gasteiger partial charge on any atom is -0.454 e. The van der Waals surface area contributed by atoms with Crippen molar-refractivity contribution in [1.82, 2.24) is 5.43 Å². The second kappa shape index (κ2) is 5.15. The van der Waals surface area contributed by atoms with Crippen LogP contribution in [-0.2, 0) is 0 Å². The predicted molar refractivity (Wildman–Crippen MR) is 86.2 cm³/mol. The summed E-state index contributed by atoms with van der Waals surface area (Å²) in [5, 5.41) is 4.94. The first kappa shape index (κ1) is 12.8. The third kappa shape index (κ3) is 2.09. The summed E-state index contributed by atoms with van der Waals surface area (Å²) in [5.41, 5.74) is 5.49. The van der Waals surface area contributed by atoms with Gasteiger partial charge in [0.1, 0.15) is 11.3 Å². The fraction of sp³-hybridized carbons (Fsp3) is 0.111. The van der Waals surface area contributed by atoms with Crippen molar-refractivity contribution in [3.8, 4) is 0 Å². The third-order valence-electron chi connectivity index (χ3n) is 3.91. The summed E-state index contributed by atoms with van der Waals surface area (Å²) in [6.07, 6.45) is 0. The van der Waals surface area contributed by atoms with Gasteiger partial charge < -0.3 is 9.84 Å². The minimum absolute atomic E-state index is 0.0433. The minimum atomic E-state index is -0.0433. The number of fused-ring (bicyclic) bond motifs is 1. The van der Waals surface area contributed by atoms with Crippen LogP contribution in [0.3, 0.4) is 0 Å². The van der Waals surface area contributed by atoms with E-state index < -0.39 is 0 Å². The van der Waals surface area contributed by atoms with Crippen LogP contribution in [-0.4, -0.2) is 12.3 Å². The van der Waals surface area contributed by atoms with E-state index in [1.165, 1.54) is 6.07 Å². The van der Waals surface area contributed by atoms with Gasteiger partial charge in [0.05, 0.1) is 11.3 Å². The summed E-state index contributed by atoms with van der Waals surface area (Å²) in [6.45, 7) is 0.704. The van der Waals surface area contributed by atoms with Gasteiger partial charge in [-0.25, -0.2) is 0 Å². The molecule has 0 spiro atoms. The van der Waals surface area contributed by atoms with Gasteiger partial charge in [0.2, 0.25) is 0 Å². The first-order valence-corrected chi connectivity index (χ1v) is 7.21. The van der Waals surface area contributed by atoms with E-state index in [9.17, 15) is 4.79 Å². The molecule has 4 rings (SSSR count). The maximum Gasteiger partial charge on any atom is 0.193 e. The van der Waals surface area contributed by atoms with Gasteiger partial charge in [-0.3, -0.25) is 4.79 Å². The van der Waals surface area contributed by atoms with Gasteiger partial charge in [-0.1, -0.05) is 42.5 Å². The molecule has 0 fully saturated rings. The zero-order valence-corrected chi connectivity index (χ0v) is 11.8. The smallest absolute Gasteiger partial charge is 0.193 e. The maximum atomic E-state index is 12.3. The van der Waals surface area contributed by atoms with Crippen molar-refractivity contribution in [3.05, 3.63) is 82.2 Å². The van der Waals surface area contributed by atoms with E-state index in [1.54, 1.807) is 12.1 Å². The number of rotatable bonds is 2. The average molecular weight is 290 g/mol. The van der Waals surface area contributed by atoms with Gasteiger partial charge in [0.25, 0.3) is 0 Å². The Labute approximate surface area is 127 Å². The lowest BCUT2D eigenvalue weighted by Gasteiger charge is -2.11. The molecule has 2 aromatic carbocycles. The van der Waals surface area contributed by atoms with Crippen LogP contribution in [0.5, 0.6) is 0 Å². The number of para-hydroxylation sites is 1. The molecule has 1 N–H and O–H groups in total. The molecular formula is C18H14N2O2. The Bertz CT molecular complexity index is 913. The average Bonchev–Trinajstić information content (AvgIpc) is 3.05. The molecular weight excluding hydrogens is 276 g/mol. The zero-order valence-electron chi connectivity index (χ0n) is 11.8. The highest BCUT2D eigenvalue weighted by Crippen LogP contribution is 2.25. The van der Waals surface area contributed by atoms with E-state index >= 15 is 0 Å². The summed E-state index contributed by atoms with van der Waals surface area (Å²) in [5.74, 6) is 0.619. The van der Waals surface area contributed by atoms with Crippen LogP contribution < -0.4 is 10.9 Å². The molecule has 1 aliphatic heterocycles. The predicted octanol–water partition coefficient (Wildman–Crippen LogP) is 2.88. The molecule has 0 amide bonds. The number of nitrogens with zero attached hydrogens (tertiary/aromatic N) is 1. The normalized spacial score (nSPS) is 17.3. The zero-order chi connectivity index (χ0) is 14.9. The Hall–Kier alpha value is -2.88. The molecule has 1 aliphatic rings. The summed E-state index contributed by atoms with van der Waals surface area (Å²) < 4.78 is 5.91. The molecule has 2 heterocycles. The topological polar surface area (TPSA) is 54.6 Å². The number of nitrogens with one attached hydrogen (secondary N) is 1. The van der Waals surface area contributed by atoms with Crippen LogP contribution in [0.1, 0.15) is 17.2 Å². The van der Waals surface area contributed by atoms with Crippen LogP contribution in [0.4, 0.5) is 0 Å². The number of hydrogen-bond donors (Lipinski definition) is 1. The molecule has 108 valence electrons. The summed E-state index contributed by atoms with van der Waals surface area (Å²) >= 11 is 0. The van der Waals surface area contributed by atoms with Crippen LogP contribution in [0.2, 0.25) is 0 Å². The lowest BCUT2D eigenvalue weighted by Crippen LogP contribution is -2.16. The highest BCUT2D eigenvalue weighted by atomic mass is 16.3. The van der Waals surface area contributed by atoms with Crippen molar-refractivity contribution >= 4 is 16.7 Å². The van der Waals surface area contributed by atoms with Crippen molar-refractivity contribution in [1.29, 1.82) is 0 Å². The summed E-state index contributed by atoms with van der Waals surface area (Å²) in [7, 11) is 0. The number of benzene rings is 2. The molecule has 22 heavy (non-hydrogen) atoms. The first-order chi connectivity index (χ1) is 10.8. The second-order valence-electron chi connectivity index (χ2n) is 5.29. The largest absolute Gasteiger partial charge is 0.454 e. The first-order valence-electron chi connectivity index (χ1n) is 7.21. The Balaban J connectivity index is 1.83. The van der Waals surface area contributed by atoms with Gasteiger partial charge in [0.15, 0.2) is 11.2 Å². The van der Waals surface area contributed by atoms with Crippen LogP contribution >= 0.6 is 0 Å². The molecule has 4 heteroatoms. The molecule has 4 nitrogen and oxygen atoms in total.